The van der Waals surface area contributed by atoms with Gasteiger partial charge >= 0.3 is 5.97 Å². The highest BCUT2D eigenvalue weighted by atomic mass is 16.6. The summed E-state index contributed by atoms with van der Waals surface area (Å²) in [5, 5.41) is 0. The highest BCUT2D eigenvalue weighted by molar-refractivity contribution is 5.91. The topological polar surface area (TPSA) is 43.4 Å². The van der Waals surface area contributed by atoms with E-state index in [9.17, 15) is 9.59 Å². The van der Waals surface area contributed by atoms with Gasteiger partial charge in [0, 0.05) is 11.8 Å². The largest absolute Gasteiger partial charge is 0.458 e. The number of esters is 1. The zero-order valence-corrected chi connectivity index (χ0v) is 20.7. The number of rotatable bonds is 5. The van der Waals surface area contributed by atoms with Crippen molar-refractivity contribution in [1.29, 1.82) is 0 Å². The number of hydrogen-bond acceptors (Lipinski definition) is 3. The average Bonchev–Trinajstić information content (AvgIpc) is 3.07. The van der Waals surface area contributed by atoms with Crippen molar-refractivity contribution in [3.8, 4) is 0 Å². The van der Waals surface area contributed by atoms with Gasteiger partial charge in [0.1, 0.15) is 5.60 Å². The number of ketones is 1. The minimum atomic E-state index is -0.331. The highest BCUT2D eigenvalue weighted by Crippen LogP contribution is 2.69. The number of carbonyl (C=O) groups excluding carboxylic acids is 2. The minimum absolute atomic E-state index is 0.0542. The fourth-order valence-corrected chi connectivity index (χ4v) is 8.70. The maximum atomic E-state index is 13.2. The van der Waals surface area contributed by atoms with Crippen molar-refractivity contribution in [1.82, 2.24) is 0 Å². The third-order valence-corrected chi connectivity index (χ3v) is 10.4. The molecule has 0 amide bonds. The molecule has 33 heavy (non-hydrogen) atoms. The Bertz CT molecular complexity index is 949. The molecular formula is C30H40O3. The van der Waals surface area contributed by atoms with Crippen LogP contribution >= 0.6 is 0 Å². The molecule has 0 aliphatic heterocycles. The molecule has 3 heteroatoms. The summed E-state index contributed by atoms with van der Waals surface area (Å²) in [4.78, 5) is 25.3. The normalized spacial score (nSPS) is 39.8. The second kappa shape index (κ2) is 8.40. The van der Waals surface area contributed by atoms with Crippen molar-refractivity contribution in [2.45, 2.75) is 97.0 Å². The SMILES string of the molecule is CCC[C@]1(OC(=O)Cc2ccccc2)CC[C@H]2[C@@H]3CCC4=CC(=O)CC[C@]4(C)[C@H]3CC[C@@]21C. The Morgan fingerprint density at radius 3 is 2.52 bits per heavy atom. The van der Waals surface area contributed by atoms with E-state index >= 15 is 0 Å². The van der Waals surface area contributed by atoms with Crippen LogP contribution in [0.4, 0.5) is 0 Å². The van der Waals surface area contributed by atoms with Gasteiger partial charge in [0.25, 0.3) is 0 Å². The quantitative estimate of drug-likeness (QED) is 0.463. The van der Waals surface area contributed by atoms with Crippen molar-refractivity contribution in [3.05, 3.63) is 47.5 Å². The number of allylic oxidation sites excluding steroid dienone is 1. The molecule has 0 radical (unpaired) electrons. The fourth-order valence-electron chi connectivity index (χ4n) is 8.70. The van der Waals surface area contributed by atoms with E-state index in [-0.39, 0.29) is 22.4 Å². The van der Waals surface area contributed by atoms with Crippen LogP contribution in [0.1, 0.15) is 90.5 Å². The molecule has 3 saturated carbocycles. The predicted octanol–water partition coefficient (Wildman–Crippen LogP) is 6.84. The first-order valence-electron chi connectivity index (χ1n) is 13.3. The van der Waals surface area contributed by atoms with Crippen LogP contribution in [0.15, 0.2) is 42.0 Å². The third-order valence-electron chi connectivity index (χ3n) is 10.4. The zero-order chi connectivity index (χ0) is 23.3. The maximum Gasteiger partial charge on any atom is 0.310 e. The standard InChI is InChI=1S/C30H40O3/c1-4-15-30(33-27(32)19-21-8-6-5-7-9-21)18-14-26-24-11-10-22-20-23(31)12-16-28(22,2)25(24)13-17-29(26,30)3/h5-9,20,24-26H,4,10-19H2,1-3H3/t24-,25+,26+,28+,29+,30+/m1/s1. The molecule has 3 nitrogen and oxygen atoms in total. The van der Waals surface area contributed by atoms with Gasteiger partial charge in [-0.05, 0) is 86.2 Å². The van der Waals surface area contributed by atoms with Crippen molar-refractivity contribution in [3.63, 3.8) is 0 Å². The number of benzene rings is 1. The molecule has 0 heterocycles. The number of ether oxygens (including phenoxy) is 1. The summed E-state index contributed by atoms with van der Waals surface area (Å²) < 4.78 is 6.55. The van der Waals surface area contributed by atoms with E-state index in [4.69, 9.17) is 4.74 Å². The Morgan fingerprint density at radius 1 is 1.00 bits per heavy atom. The molecule has 178 valence electrons. The van der Waals surface area contributed by atoms with Crippen LogP contribution in [-0.2, 0) is 20.7 Å². The molecule has 4 aliphatic rings. The highest BCUT2D eigenvalue weighted by Gasteiger charge is 2.65. The average molecular weight is 449 g/mol. The first-order valence-corrected chi connectivity index (χ1v) is 13.3. The van der Waals surface area contributed by atoms with Crippen LogP contribution in [0.2, 0.25) is 0 Å². The Labute approximate surface area is 199 Å². The monoisotopic (exact) mass is 448 g/mol. The van der Waals surface area contributed by atoms with Crippen LogP contribution in [-0.4, -0.2) is 17.4 Å². The second-order valence-electron chi connectivity index (χ2n) is 11.8. The molecular weight excluding hydrogens is 408 g/mol. The Balaban J connectivity index is 1.40. The minimum Gasteiger partial charge on any atom is -0.458 e. The van der Waals surface area contributed by atoms with Crippen LogP contribution in [0, 0.1) is 28.6 Å². The third kappa shape index (κ3) is 3.61. The lowest BCUT2D eigenvalue weighted by atomic mass is 9.46. The van der Waals surface area contributed by atoms with Crippen molar-refractivity contribution >= 4 is 11.8 Å². The molecule has 0 unspecified atom stereocenters. The van der Waals surface area contributed by atoms with E-state index < -0.39 is 0 Å². The van der Waals surface area contributed by atoms with Gasteiger partial charge in [-0.1, -0.05) is 63.1 Å². The summed E-state index contributed by atoms with van der Waals surface area (Å²) in [5.74, 6) is 2.23. The molecule has 1 aromatic carbocycles. The van der Waals surface area contributed by atoms with E-state index in [1.54, 1.807) is 0 Å². The van der Waals surface area contributed by atoms with E-state index in [0.717, 1.165) is 44.1 Å². The number of fused-ring (bicyclic) bond motifs is 5. The lowest BCUT2D eigenvalue weighted by Gasteiger charge is -2.59. The van der Waals surface area contributed by atoms with Crippen LogP contribution in [0.5, 0.6) is 0 Å². The second-order valence-corrected chi connectivity index (χ2v) is 11.8. The summed E-state index contributed by atoms with van der Waals surface area (Å²) in [6.45, 7) is 7.12. The van der Waals surface area contributed by atoms with E-state index in [0.29, 0.717) is 36.4 Å². The van der Waals surface area contributed by atoms with Crippen LogP contribution in [0.25, 0.3) is 0 Å². The molecule has 0 bridgehead atoms. The van der Waals surface area contributed by atoms with Gasteiger partial charge in [-0.15, -0.1) is 0 Å². The summed E-state index contributed by atoms with van der Waals surface area (Å²) in [7, 11) is 0. The Morgan fingerprint density at radius 2 is 1.76 bits per heavy atom. The summed E-state index contributed by atoms with van der Waals surface area (Å²) in [6.07, 6.45) is 12.9. The molecule has 0 saturated heterocycles. The molecule has 6 atom stereocenters. The maximum absolute atomic E-state index is 13.2. The molecule has 1 aromatic rings. The van der Waals surface area contributed by atoms with Gasteiger partial charge in [0.2, 0.25) is 0 Å². The fraction of sp³-hybridized carbons (Fsp3) is 0.667. The molecule has 0 aromatic heterocycles. The molecule has 5 rings (SSSR count). The van der Waals surface area contributed by atoms with Gasteiger partial charge in [0.05, 0.1) is 6.42 Å². The van der Waals surface area contributed by atoms with E-state index in [2.05, 4.69) is 20.8 Å². The van der Waals surface area contributed by atoms with Crippen LogP contribution in [0.3, 0.4) is 0 Å². The van der Waals surface area contributed by atoms with Crippen LogP contribution < -0.4 is 0 Å². The summed E-state index contributed by atoms with van der Waals surface area (Å²) >= 11 is 0. The Kier molecular flexibility index (Phi) is 5.82. The van der Waals surface area contributed by atoms with Gasteiger partial charge in [0.15, 0.2) is 5.78 Å². The van der Waals surface area contributed by atoms with Crippen molar-refractivity contribution in [2.24, 2.45) is 28.6 Å². The molecule has 3 fully saturated rings. The van der Waals surface area contributed by atoms with Gasteiger partial charge in [-0.2, -0.15) is 0 Å². The summed E-state index contributed by atoms with van der Waals surface area (Å²) in [5.41, 5.74) is 2.37. The first-order chi connectivity index (χ1) is 15.8. The molecule has 4 aliphatic carbocycles. The predicted molar refractivity (Wildman–Crippen MR) is 131 cm³/mol. The first kappa shape index (κ1) is 22.9. The van der Waals surface area contributed by atoms with Crippen molar-refractivity contribution < 1.29 is 14.3 Å². The van der Waals surface area contributed by atoms with E-state index in [1.807, 2.05) is 36.4 Å². The number of carbonyl (C=O) groups is 2. The van der Waals surface area contributed by atoms with Crippen molar-refractivity contribution in [2.75, 3.05) is 0 Å². The zero-order valence-electron chi connectivity index (χ0n) is 20.7. The molecule has 0 N–H and O–H groups in total. The van der Waals surface area contributed by atoms with Gasteiger partial charge in [-0.3, -0.25) is 9.59 Å². The van der Waals surface area contributed by atoms with E-state index in [1.165, 1.54) is 24.8 Å². The summed E-state index contributed by atoms with van der Waals surface area (Å²) in [6, 6.07) is 10.00. The van der Waals surface area contributed by atoms with Gasteiger partial charge < -0.3 is 4.74 Å². The smallest absolute Gasteiger partial charge is 0.310 e. The lowest BCUT2D eigenvalue weighted by molar-refractivity contribution is -0.185. The lowest BCUT2D eigenvalue weighted by Crippen LogP contribution is -2.56. The van der Waals surface area contributed by atoms with Gasteiger partial charge in [-0.25, -0.2) is 0 Å². The number of hydrogen-bond donors (Lipinski definition) is 0. The Hall–Kier alpha value is -1.90. The molecule has 0 spiro atoms.